The van der Waals surface area contributed by atoms with Gasteiger partial charge in [-0.25, -0.2) is 0 Å². The third-order valence-electron chi connectivity index (χ3n) is 5.04. The van der Waals surface area contributed by atoms with Crippen LogP contribution < -0.4 is 5.32 Å². The van der Waals surface area contributed by atoms with Crippen molar-refractivity contribution in [2.45, 2.75) is 46.0 Å². The summed E-state index contributed by atoms with van der Waals surface area (Å²) < 4.78 is 5.46. The Balaban J connectivity index is 1.89. The number of benzene rings is 1. The fraction of sp³-hybridized carbons (Fsp3) is 0.667. The van der Waals surface area contributed by atoms with Crippen LogP contribution in [0.15, 0.2) is 29.3 Å². The number of nitrogens with one attached hydrogen (secondary N) is 1. The minimum Gasteiger partial charge on any atom is -0.381 e. The van der Waals surface area contributed by atoms with Crippen molar-refractivity contribution in [1.29, 1.82) is 0 Å². The topological polar surface area (TPSA) is 36.9 Å². The maximum absolute atomic E-state index is 5.46. The van der Waals surface area contributed by atoms with E-state index in [1.165, 1.54) is 30.4 Å². The Bertz CT molecular complexity index is 538. The molecule has 1 heterocycles. The smallest absolute Gasteiger partial charge is 0.193 e. The number of aryl methyl sites for hydroxylation is 1. The molecule has 0 radical (unpaired) electrons. The zero-order valence-electron chi connectivity index (χ0n) is 16.4. The van der Waals surface area contributed by atoms with E-state index in [-0.39, 0.29) is 0 Å². The molecular weight excluding hydrogens is 310 g/mol. The van der Waals surface area contributed by atoms with Gasteiger partial charge in [0, 0.05) is 45.8 Å². The summed E-state index contributed by atoms with van der Waals surface area (Å²) in [5, 5.41) is 3.44. The van der Waals surface area contributed by atoms with E-state index in [9.17, 15) is 0 Å². The normalized spacial score (nSPS) is 17.4. The van der Waals surface area contributed by atoms with E-state index in [0.717, 1.165) is 44.7 Å². The summed E-state index contributed by atoms with van der Waals surface area (Å²) >= 11 is 0. The van der Waals surface area contributed by atoms with Crippen molar-refractivity contribution in [2.75, 3.05) is 39.9 Å². The molecule has 25 heavy (non-hydrogen) atoms. The van der Waals surface area contributed by atoms with Crippen LogP contribution in [-0.4, -0.2) is 50.8 Å². The van der Waals surface area contributed by atoms with Gasteiger partial charge in [0.25, 0.3) is 0 Å². The van der Waals surface area contributed by atoms with Gasteiger partial charge in [-0.15, -0.1) is 0 Å². The molecule has 4 nitrogen and oxygen atoms in total. The number of hydrogen-bond donors (Lipinski definition) is 1. The highest BCUT2D eigenvalue weighted by Gasteiger charge is 2.15. The van der Waals surface area contributed by atoms with Crippen LogP contribution in [0.5, 0.6) is 0 Å². The van der Waals surface area contributed by atoms with Crippen LogP contribution in [0.1, 0.15) is 50.2 Å². The van der Waals surface area contributed by atoms with E-state index in [1.807, 2.05) is 0 Å². The molecule has 1 aliphatic rings. The third kappa shape index (κ3) is 6.69. The van der Waals surface area contributed by atoms with Crippen molar-refractivity contribution in [3.63, 3.8) is 0 Å². The van der Waals surface area contributed by atoms with Crippen LogP contribution >= 0.6 is 0 Å². The lowest BCUT2D eigenvalue weighted by Gasteiger charge is -2.27. The number of guanidine groups is 1. The Morgan fingerprint density at radius 3 is 2.80 bits per heavy atom. The summed E-state index contributed by atoms with van der Waals surface area (Å²) in [6.07, 6.45) is 3.62. The van der Waals surface area contributed by atoms with Crippen molar-refractivity contribution in [1.82, 2.24) is 10.2 Å². The summed E-state index contributed by atoms with van der Waals surface area (Å²) in [7, 11) is 2.15. The second kappa shape index (κ2) is 10.4. The van der Waals surface area contributed by atoms with Gasteiger partial charge in [0.2, 0.25) is 0 Å². The summed E-state index contributed by atoms with van der Waals surface area (Å²) in [5.74, 6) is 2.25. The molecule has 0 amide bonds. The summed E-state index contributed by atoms with van der Waals surface area (Å²) in [6.45, 7) is 11.2. The SMILES string of the molecule is CCNC(=NCC(C)c1cccc(C)c1)N(C)CCC1CCOCC1. The van der Waals surface area contributed by atoms with Crippen molar-refractivity contribution in [2.24, 2.45) is 10.9 Å². The third-order valence-corrected chi connectivity index (χ3v) is 5.04. The van der Waals surface area contributed by atoms with Gasteiger partial charge < -0.3 is 15.0 Å². The molecular formula is C21H35N3O. The molecule has 0 aliphatic carbocycles. The lowest BCUT2D eigenvalue weighted by molar-refractivity contribution is 0.0625. The van der Waals surface area contributed by atoms with Crippen LogP contribution in [0, 0.1) is 12.8 Å². The van der Waals surface area contributed by atoms with Crippen molar-refractivity contribution >= 4 is 5.96 Å². The average Bonchev–Trinajstić information content (AvgIpc) is 2.63. The summed E-state index contributed by atoms with van der Waals surface area (Å²) in [6, 6.07) is 8.75. The molecule has 0 saturated carbocycles. The number of hydrogen-bond acceptors (Lipinski definition) is 2. The monoisotopic (exact) mass is 345 g/mol. The molecule has 1 atom stereocenters. The summed E-state index contributed by atoms with van der Waals surface area (Å²) in [5.41, 5.74) is 2.68. The first-order valence-electron chi connectivity index (χ1n) is 9.74. The van der Waals surface area contributed by atoms with Gasteiger partial charge in [0.1, 0.15) is 0 Å². The van der Waals surface area contributed by atoms with Gasteiger partial charge in [-0.2, -0.15) is 0 Å². The molecule has 1 saturated heterocycles. The highest BCUT2D eigenvalue weighted by Crippen LogP contribution is 2.19. The number of aliphatic imine (C=N–C) groups is 1. The molecule has 1 aliphatic heterocycles. The quantitative estimate of drug-likeness (QED) is 0.603. The Morgan fingerprint density at radius 1 is 1.36 bits per heavy atom. The number of rotatable bonds is 7. The van der Waals surface area contributed by atoms with E-state index in [1.54, 1.807) is 0 Å². The predicted octanol–water partition coefficient (Wildman–Crippen LogP) is 3.81. The van der Waals surface area contributed by atoms with Gasteiger partial charge in [0.15, 0.2) is 5.96 Å². The molecule has 4 heteroatoms. The maximum atomic E-state index is 5.46. The second-order valence-corrected chi connectivity index (χ2v) is 7.28. The molecule has 2 rings (SSSR count). The van der Waals surface area contributed by atoms with Crippen molar-refractivity contribution in [3.05, 3.63) is 35.4 Å². The second-order valence-electron chi connectivity index (χ2n) is 7.28. The first kappa shape index (κ1) is 19.8. The molecule has 1 unspecified atom stereocenters. The molecule has 1 aromatic carbocycles. The first-order chi connectivity index (χ1) is 12.1. The molecule has 1 N–H and O–H groups in total. The van der Waals surface area contributed by atoms with Crippen LogP contribution in [0.25, 0.3) is 0 Å². The molecule has 1 aromatic rings. The number of ether oxygens (including phenoxy) is 1. The van der Waals surface area contributed by atoms with E-state index in [0.29, 0.717) is 5.92 Å². The van der Waals surface area contributed by atoms with E-state index in [4.69, 9.17) is 9.73 Å². The highest BCUT2D eigenvalue weighted by atomic mass is 16.5. The zero-order valence-corrected chi connectivity index (χ0v) is 16.4. The van der Waals surface area contributed by atoms with E-state index < -0.39 is 0 Å². The minimum absolute atomic E-state index is 0.428. The highest BCUT2D eigenvalue weighted by molar-refractivity contribution is 5.79. The maximum Gasteiger partial charge on any atom is 0.193 e. The van der Waals surface area contributed by atoms with Gasteiger partial charge in [-0.1, -0.05) is 36.8 Å². The van der Waals surface area contributed by atoms with Crippen LogP contribution in [0.3, 0.4) is 0 Å². The molecule has 0 aromatic heterocycles. The lowest BCUT2D eigenvalue weighted by atomic mass is 9.96. The lowest BCUT2D eigenvalue weighted by Crippen LogP contribution is -2.40. The first-order valence-corrected chi connectivity index (χ1v) is 9.74. The Hall–Kier alpha value is -1.55. The summed E-state index contributed by atoms with van der Waals surface area (Å²) in [4.78, 5) is 7.17. The molecule has 0 bridgehead atoms. The van der Waals surface area contributed by atoms with Gasteiger partial charge in [0.05, 0.1) is 0 Å². The largest absolute Gasteiger partial charge is 0.381 e. The standard InChI is InChI=1S/C21H35N3O/c1-5-22-21(24(4)12-9-19-10-13-25-14-11-19)23-16-18(3)20-8-6-7-17(2)15-20/h6-8,15,18-19H,5,9-14,16H2,1-4H3,(H,22,23). The van der Waals surface area contributed by atoms with E-state index >= 15 is 0 Å². The zero-order chi connectivity index (χ0) is 18.1. The Kier molecular flexibility index (Phi) is 8.26. The minimum atomic E-state index is 0.428. The Labute approximate surface area is 153 Å². The number of nitrogens with zero attached hydrogens (tertiary/aromatic N) is 2. The van der Waals surface area contributed by atoms with Crippen LogP contribution in [0.2, 0.25) is 0 Å². The predicted molar refractivity (Wildman–Crippen MR) is 106 cm³/mol. The molecule has 140 valence electrons. The average molecular weight is 346 g/mol. The fourth-order valence-corrected chi connectivity index (χ4v) is 3.29. The van der Waals surface area contributed by atoms with Crippen molar-refractivity contribution in [3.8, 4) is 0 Å². The fourth-order valence-electron chi connectivity index (χ4n) is 3.29. The van der Waals surface area contributed by atoms with Gasteiger partial charge in [-0.05, 0) is 44.6 Å². The van der Waals surface area contributed by atoms with Gasteiger partial charge >= 0.3 is 0 Å². The van der Waals surface area contributed by atoms with Crippen molar-refractivity contribution < 1.29 is 4.74 Å². The van der Waals surface area contributed by atoms with Crippen LogP contribution in [0.4, 0.5) is 0 Å². The molecule has 1 fully saturated rings. The Morgan fingerprint density at radius 2 is 2.12 bits per heavy atom. The van der Waals surface area contributed by atoms with Gasteiger partial charge in [-0.3, -0.25) is 4.99 Å². The van der Waals surface area contributed by atoms with E-state index in [2.05, 4.69) is 62.3 Å². The molecule has 0 spiro atoms. The van der Waals surface area contributed by atoms with Crippen LogP contribution in [-0.2, 0) is 4.74 Å².